The minimum absolute atomic E-state index is 0.0452. The molecule has 0 aliphatic carbocycles. The van der Waals surface area contributed by atoms with Gasteiger partial charge in [0.15, 0.2) is 0 Å². The largest absolute Gasteiger partial charge is 0.385 e. The second kappa shape index (κ2) is 5.60. The third kappa shape index (κ3) is 2.92. The van der Waals surface area contributed by atoms with Crippen LogP contribution >= 0.6 is 0 Å². The fourth-order valence-electron chi connectivity index (χ4n) is 2.82. The van der Waals surface area contributed by atoms with Gasteiger partial charge in [-0.05, 0) is 62.1 Å². The van der Waals surface area contributed by atoms with Crippen molar-refractivity contribution < 1.29 is 4.79 Å². The number of aryl methyl sites for hydroxylation is 3. The Hall–Kier alpha value is -2.29. The number of hydrogen-bond donors (Lipinski definition) is 2. The molecule has 0 saturated heterocycles. The van der Waals surface area contributed by atoms with E-state index in [1.165, 1.54) is 16.8 Å². The van der Waals surface area contributed by atoms with E-state index in [1.54, 1.807) is 0 Å². The average molecular weight is 280 g/mol. The summed E-state index contributed by atoms with van der Waals surface area (Å²) in [6, 6.07) is 12.0. The average Bonchev–Trinajstić information content (AvgIpc) is 2.47. The number of hydrogen-bond acceptors (Lipinski definition) is 2. The number of benzene rings is 2. The summed E-state index contributed by atoms with van der Waals surface area (Å²) >= 11 is 0. The highest BCUT2D eigenvalue weighted by Crippen LogP contribution is 2.25. The van der Waals surface area contributed by atoms with Gasteiger partial charge in [-0.2, -0.15) is 0 Å². The second-order valence-corrected chi connectivity index (χ2v) is 5.67. The van der Waals surface area contributed by atoms with Gasteiger partial charge in [0.05, 0.1) is 0 Å². The molecule has 0 aromatic heterocycles. The maximum atomic E-state index is 12.4. The van der Waals surface area contributed by atoms with E-state index in [9.17, 15) is 4.79 Å². The maximum absolute atomic E-state index is 12.4. The number of carbonyl (C=O) groups is 1. The molecule has 1 heterocycles. The molecule has 21 heavy (non-hydrogen) atoms. The molecule has 0 unspecified atom stereocenters. The van der Waals surface area contributed by atoms with Crippen LogP contribution in [0.2, 0.25) is 0 Å². The molecule has 0 saturated carbocycles. The Bertz CT molecular complexity index is 692. The smallest absolute Gasteiger partial charge is 0.255 e. The van der Waals surface area contributed by atoms with Gasteiger partial charge in [0.25, 0.3) is 5.91 Å². The molecule has 3 rings (SSSR count). The molecule has 3 nitrogen and oxygen atoms in total. The fraction of sp³-hybridized carbons (Fsp3) is 0.278. The van der Waals surface area contributed by atoms with Crippen LogP contribution in [0, 0.1) is 13.8 Å². The summed E-state index contributed by atoms with van der Waals surface area (Å²) < 4.78 is 0. The van der Waals surface area contributed by atoms with E-state index in [0.717, 1.165) is 36.2 Å². The fourth-order valence-corrected chi connectivity index (χ4v) is 2.82. The highest BCUT2D eigenvalue weighted by Gasteiger charge is 2.12. The van der Waals surface area contributed by atoms with Crippen molar-refractivity contribution in [3.8, 4) is 0 Å². The molecule has 0 atom stereocenters. The van der Waals surface area contributed by atoms with Crippen LogP contribution in [0.3, 0.4) is 0 Å². The van der Waals surface area contributed by atoms with Gasteiger partial charge in [0, 0.05) is 23.5 Å². The summed E-state index contributed by atoms with van der Waals surface area (Å²) in [6.07, 6.45) is 2.21. The van der Waals surface area contributed by atoms with Gasteiger partial charge in [-0.15, -0.1) is 0 Å². The Labute approximate surface area is 125 Å². The van der Waals surface area contributed by atoms with Gasteiger partial charge in [-0.3, -0.25) is 4.79 Å². The molecule has 3 heteroatoms. The molecule has 1 aliphatic rings. The number of anilines is 2. The van der Waals surface area contributed by atoms with E-state index < -0.39 is 0 Å². The molecular weight excluding hydrogens is 260 g/mol. The molecule has 0 bridgehead atoms. The molecular formula is C18H20N2O. The van der Waals surface area contributed by atoms with Crippen molar-refractivity contribution in [3.63, 3.8) is 0 Å². The van der Waals surface area contributed by atoms with Crippen molar-refractivity contribution in [3.05, 3.63) is 58.7 Å². The maximum Gasteiger partial charge on any atom is 0.255 e. The Morgan fingerprint density at radius 2 is 2.00 bits per heavy atom. The lowest BCUT2D eigenvalue weighted by Crippen LogP contribution is -2.15. The second-order valence-electron chi connectivity index (χ2n) is 5.67. The van der Waals surface area contributed by atoms with E-state index in [-0.39, 0.29) is 5.91 Å². The van der Waals surface area contributed by atoms with Crippen LogP contribution < -0.4 is 10.6 Å². The number of rotatable bonds is 2. The monoisotopic (exact) mass is 280 g/mol. The normalized spacial score (nSPS) is 13.2. The van der Waals surface area contributed by atoms with Gasteiger partial charge in [-0.1, -0.05) is 17.7 Å². The predicted octanol–water partition coefficient (Wildman–Crippen LogP) is 3.91. The van der Waals surface area contributed by atoms with Crippen molar-refractivity contribution >= 4 is 17.3 Å². The Kier molecular flexibility index (Phi) is 3.65. The van der Waals surface area contributed by atoms with E-state index in [0.29, 0.717) is 0 Å². The standard InChI is InChI=1S/C18H20N2O/c1-12-5-7-16(13(2)10-12)18(21)20-15-6-8-17-14(11-15)4-3-9-19-17/h5-8,10-11,19H,3-4,9H2,1-2H3,(H,20,21). The molecule has 1 aliphatic heterocycles. The zero-order valence-electron chi connectivity index (χ0n) is 12.5. The van der Waals surface area contributed by atoms with E-state index in [1.807, 2.05) is 44.2 Å². The van der Waals surface area contributed by atoms with Crippen LogP contribution in [0.4, 0.5) is 11.4 Å². The highest BCUT2D eigenvalue weighted by molar-refractivity contribution is 6.05. The van der Waals surface area contributed by atoms with E-state index in [4.69, 9.17) is 0 Å². The van der Waals surface area contributed by atoms with Crippen molar-refractivity contribution in [1.29, 1.82) is 0 Å². The topological polar surface area (TPSA) is 41.1 Å². The van der Waals surface area contributed by atoms with Crippen molar-refractivity contribution in [1.82, 2.24) is 0 Å². The first-order valence-corrected chi connectivity index (χ1v) is 7.39. The molecule has 2 aromatic carbocycles. The SMILES string of the molecule is Cc1ccc(C(=O)Nc2ccc3c(c2)CCCN3)c(C)c1. The van der Waals surface area contributed by atoms with Crippen molar-refractivity contribution in [2.24, 2.45) is 0 Å². The number of nitrogens with one attached hydrogen (secondary N) is 2. The lowest BCUT2D eigenvalue weighted by Gasteiger charge is -2.19. The van der Waals surface area contributed by atoms with Gasteiger partial charge < -0.3 is 10.6 Å². The summed E-state index contributed by atoms with van der Waals surface area (Å²) in [5.74, 6) is -0.0452. The van der Waals surface area contributed by atoms with Gasteiger partial charge in [-0.25, -0.2) is 0 Å². The summed E-state index contributed by atoms with van der Waals surface area (Å²) in [7, 11) is 0. The van der Waals surface area contributed by atoms with Crippen molar-refractivity contribution in [2.75, 3.05) is 17.2 Å². The zero-order chi connectivity index (χ0) is 14.8. The Balaban J connectivity index is 1.81. The van der Waals surface area contributed by atoms with Gasteiger partial charge in [0.1, 0.15) is 0 Å². The zero-order valence-corrected chi connectivity index (χ0v) is 12.5. The molecule has 0 radical (unpaired) electrons. The number of amides is 1. The number of fused-ring (bicyclic) bond motifs is 1. The van der Waals surface area contributed by atoms with Crippen LogP contribution in [-0.4, -0.2) is 12.5 Å². The predicted molar refractivity (Wildman–Crippen MR) is 87.1 cm³/mol. The first-order valence-electron chi connectivity index (χ1n) is 7.39. The Morgan fingerprint density at radius 1 is 1.14 bits per heavy atom. The van der Waals surface area contributed by atoms with Crippen LogP contribution in [0.25, 0.3) is 0 Å². The minimum atomic E-state index is -0.0452. The van der Waals surface area contributed by atoms with Gasteiger partial charge in [0.2, 0.25) is 0 Å². The third-order valence-electron chi connectivity index (χ3n) is 3.93. The quantitative estimate of drug-likeness (QED) is 0.875. The van der Waals surface area contributed by atoms with E-state index in [2.05, 4.69) is 16.7 Å². The molecule has 1 amide bonds. The summed E-state index contributed by atoms with van der Waals surface area (Å²) in [4.78, 5) is 12.4. The van der Waals surface area contributed by atoms with Crippen LogP contribution in [-0.2, 0) is 6.42 Å². The molecule has 108 valence electrons. The van der Waals surface area contributed by atoms with Crippen LogP contribution in [0.15, 0.2) is 36.4 Å². The molecule has 0 spiro atoms. The first kappa shape index (κ1) is 13.7. The minimum Gasteiger partial charge on any atom is -0.385 e. The molecule has 2 aromatic rings. The lowest BCUT2D eigenvalue weighted by molar-refractivity contribution is 0.102. The summed E-state index contributed by atoms with van der Waals surface area (Å²) in [6.45, 7) is 5.03. The summed E-state index contributed by atoms with van der Waals surface area (Å²) in [5, 5.41) is 6.38. The van der Waals surface area contributed by atoms with E-state index >= 15 is 0 Å². The van der Waals surface area contributed by atoms with Crippen LogP contribution in [0.5, 0.6) is 0 Å². The summed E-state index contributed by atoms with van der Waals surface area (Å²) in [5.41, 5.74) is 6.24. The lowest BCUT2D eigenvalue weighted by atomic mass is 10.0. The Morgan fingerprint density at radius 3 is 2.81 bits per heavy atom. The molecule has 0 fully saturated rings. The van der Waals surface area contributed by atoms with Crippen molar-refractivity contribution in [2.45, 2.75) is 26.7 Å². The third-order valence-corrected chi connectivity index (χ3v) is 3.93. The first-order chi connectivity index (χ1) is 10.1. The van der Waals surface area contributed by atoms with Gasteiger partial charge >= 0.3 is 0 Å². The van der Waals surface area contributed by atoms with Crippen LogP contribution in [0.1, 0.15) is 33.5 Å². The number of carbonyl (C=O) groups excluding carboxylic acids is 1. The molecule has 2 N–H and O–H groups in total. The highest BCUT2D eigenvalue weighted by atomic mass is 16.1.